The van der Waals surface area contributed by atoms with Crippen molar-refractivity contribution in [3.05, 3.63) is 0 Å². The second-order valence-electron chi connectivity index (χ2n) is 5.32. The Morgan fingerprint density at radius 1 is 1.40 bits per heavy atom. The van der Waals surface area contributed by atoms with Gasteiger partial charge in [0.2, 0.25) is 5.91 Å². The van der Waals surface area contributed by atoms with E-state index in [0.717, 1.165) is 12.8 Å². The number of carboxylic acid groups (broad SMARTS) is 1. The predicted molar refractivity (Wildman–Crippen MR) is 68.1 cm³/mol. The van der Waals surface area contributed by atoms with Crippen molar-refractivity contribution in [2.24, 2.45) is 0 Å². The molecule has 0 bridgehead atoms. The molecular formula is C12H19N3O5. The Kier molecular flexibility index (Phi) is 4.12. The fourth-order valence-corrected chi connectivity index (χ4v) is 1.97. The number of hydrogen-bond acceptors (Lipinski definition) is 4. The molecule has 8 nitrogen and oxygen atoms in total. The van der Waals surface area contributed by atoms with E-state index in [4.69, 9.17) is 4.74 Å². The lowest BCUT2D eigenvalue weighted by Crippen LogP contribution is -2.58. The molecule has 0 aromatic carbocycles. The molecule has 0 spiro atoms. The Balaban J connectivity index is 1.85. The number of likely N-dealkylation sites (N-methyl/N-ethyl adjacent to an activating group) is 1. The largest absolute Gasteiger partial charge is 0.479 e. The van der Waals surface area contributed by atoms with E-state index in [9.17, 15) is 19.5 Å². The molecule has 2 fully saturated rings. The van der Waals surface area contributed by atoms with Crippen LogP contribution in [-0.4, -0.2) is 66.3 Å². The number of carbonyl (C=O) groups is 3. The minimum absolute atomic E-state index is 0.0593. The van der Waals surface area contributed by atoms with Crippen LogP contribution in [0.25, 0.3) is 0 Å². The van der Waals surface area contributed by atoms with Gasteiger partial charge >= 0.3 is 12.0 Å². The maximum absolute atomic E-state index is 12.0. The summed E-state index contributed by atoms with van der Waals surface area (Å²) in [6, 6.07) is -0.364. The van der Waals surface area contributed by atoms with E-state index in [0.29, 0.717) is 6.61 Å². The van der Waals surface area contributed by atoms with Crippen LogP contribution in [0.15, 0.2) is 0 Å². The van der Waals surface area contributed by atoms with Crippen LogP contribution < -0.4 is 10.6 Å². The van der Waals surface area contributed by atoms with Crippen molar-refractivity contribution in [1.29, 1.82) is 0 Å². The van der Waals surface area contributed by atoms with E-state index in [2.05, 4.69) is 10.6 Å². The maximum atomic E-state index is 12.0. The lowest BCUT2D eigenvalue weighted by molar-refractivity contribution is -0.144. The highest BCUT2D eigenvalue weighted by atomic mass is 16.5. The second kappa shape index (κ2) is 5.66. The molecule has 1 saturated heterocycles. The van der Waals surface area contributed by atoms with Gasteiger partial charge in [0.1, 0.15) is 6.54 Å². The summed E-state index contributed by atoms with van der Waals surface area (Å²) in [5.41, 5.74) is -1.39. The van der Waals surface area contributed by atoms with Crippen LogP contribution in [0.5, 0.6) is 0 Å². The van der Waals surface area contributed by atoms with Crippen molar-refractivity contribution in [2.75, 3.05) is 26.8 Å². The monoisotopic (exact) mass is 285 g/mol. The zero-order chi connectivity index (χ0) is 14.8. The van der Waals surface area contributed by atoms with Crippen LogP contribution in [0.2, 0.25) is 0 Å². The number of amides is 3. The summed E-state index contributed by atoms with van der Waals surface area (Å²) in [7, 11) is 1.45. The molecule has 2 aliphatic rings. The minimum Gasteiger partial charge on any atom is -0.479 e. The van der Waals surface area contributed by atoms with E-state index in [1.807, 2.05) is 0 Å². The maximum Gasteiger partial charge on any atom is 0.332 e. The van der Waals surface area contributed by atoms with Crippen molar-refractivity contribution in [3.8, 4) is 0 Å². The Morgan fingerprint density at radius 3 is 2.60 bits per heavy atom. The molecule has 1 aliphatic carbocycles. The summed E-state index contributed by atoms with van der Waals surface area (Å²) in [6.45, 7) is 0.132. The molecule has 0 aromatic rings. The lowest BCUT2D eigenvalue weighted by atomic mass is 9.99. The molecule has 3 N–H and O–H groups in total. The van der Waals surface area contributed by atoms with Gasteiger partial charge < -0.3 is 25.4 Å². The number of nitrogens with one attached hydrogen (secondary N) is 2. The molecule has 20 heavy (non-hydrogen) atoms. The molecule has 1 saturated carbocycles. The first-order chi connectivity index (χ1) is 9.43. The minimum atomic E-state index is -1.39. The second-order valence-corrected chi connectivity index (χ2v) is 5.32. The van der Waals surface area contributed by atoms with Crippen molar-refractivity contribution >= 4 is 17.9 Å². The molecule has 8 heteroatoms. The quantitative estimate of drug-likeness (QED) is 0.610. The van der Waals surface area contributed by atoms with Gasteiger partial charge in [-0.1, -0.05) is 0 Å². The van der Waals surface area contributed by atoms with Crippen molar-refractivity contribution in [1.82, 2.24) is 15.5 Å². The standard InChI is InChI=1S/C12H19N3O5/c1-15(6-9(16)13-8-2-3-8)11(19)14-12(10(17)18)4-5-20-7-12/h8H,2-7H2,1H3,(H,13,16)(H,14,19)(H,17,18). The highest BCUT2D eigenvalue weighted by Gasteiger charge is 2.44. The first-order valence-corrected chi connectivity index (χ1v) is 6.57. The van der Waals surface area contributed by atoms with Crippen LogP contribution in [0.4, 0.5) is 4.79 Å². The number of urea groups is 1. The summed E-state index contributed by atoms with van der Waals surface area (Å²) in [5, 5.41) is 14.4. The van der Waals surface area contributed by atoms with E-state index in [1.165, 1.54) is 11.9 Å². The van der Waals surface area contributed by atoms with Crippen LogP contribution >= 0.6 is 0 Å². The Hall–Kier alpha value is -1.83. The molecular weight excluding hydrogens is 266 g/mol. The average molecular weight is 285 g/mol. The van der Waals surface area contributed by atoms with Crippen molar-refractivity contribution in [2.45, 2.75) is 30.8 Å². The normalized spacial score (nSPS) is 25.1. The summed E-state index contributed by atoms with van der Waals surface area (Å²) in [5.74, 6) is -1.36. The van der Waals surface area contributed by atoms with Gasteiger partial charge in [-0.05, 0) is 12.8 Å². The highest BCUT2D eigenvalue weighted by molar-refractivity contribution is 5.89. The first-order valence-electron chi connectivity index (χ1n) is 6.57. The summed E-state index contributed by atoms with van der Waals surface area (Å²) in [4.78, 5) is 36.0. The van der Waals surface area contributed by atoms with E-state index in [-0.39, 0.29) is 31.5 Å². The van der Waals surface area contributed by atoms with E-state index >= 15 is 0 Å². The highest BCUT2D eigenvalue weighted by Crippen LogP contribution is 2.20. The predicted octanol–water partition coefficient (Wildman–Crippen LogP) is -0.850. The number of carbonyl (C=O) groups excluding carboxylic acids is 2. The molecule has 0 aromatic heterocycles. The van der Waals surface area contributed by atoms with Gasteiger partial charge in [0.15, 0.2) is 5.54 Å². The molecule has 0 radical (unpaired) electrons. The summed E-state index contributed by atoms with van der Waals surface area (Å²) < 4.78 is 5.05. The Labute approximate surface area is 116 Å². The SMILES string of the molecule is CN(CC(=O)NC1CC1)C(=O)NC1(C(=O)O)CCOC1. The molecule has 1 unspecified atom stereocenters. The number of ether oxygens (including phenoxy) is 1. The Bertz CT molecular complexity index is 415. The summed E-state index contributed by atoms with van der Waals surface area (Å²) >= 11 is 0. The van der Waals surface area contributed by atoms with Crippen molar-refractivity contribution < 1.29 is 24.2 Å². The van der Waals surface area contributed by atoms with Gasteiger partial charge in [-0.25, -0.2) is 9.59 Å². The molecule has 3 amide bonds. The third-order valence-electron chi connectivity index (χ3n) is 3.45. The lowest BCUT2D eigenvalue weighted by Gasteiger charge is -2.27. The first kappa shape index (κ1) is 14.6. The van der Waals surface area contributed by atoms with Gasteiger partial charge in [-0.2, -0.15) is 0 Å². The van der Waals surface area contributed by atoms with Crippen LogP contribution in [-0.2, 0) is 14.3 Å². The molecule has 1 atom stereocenters. The average Bonchev–Trinajstić information content (AvgIpc) is 3.04. The van der Waals surface area contributed by atoms with E-state index in [1.54, 1.807) is 0 Å². The van der Waals surface area contributed by atoms with Gasteiger partial charge in [0.25, 0.3) is 0 Å². The Morgan fingerprint density at radius 2 is 2.10 bits per heavy atom. The molecule has 112 valence electrons. The fraction of sp³-hybridized carbons (Fsp3) is 0.750. The topological polar surface area (TPSA) is 108 Å². The number of rotatable bonds is 5. The van der Waals surface area contributed by atoms with Gasteiger partial charge in [0.05, 0.1) is 6.61 Å². The smallest absolute Gasteiger partial charge is 0.332 e. The third kappa shape index (κ3) is 3.38. The zero-order valence-electron chi connectivity index (χ0n) is 11.3. The number of carboxylic acids is 1. The van der Waals surface area contributed by atoms with Crippen LogP contribution in [0.3, 0.4) is 0 Å². The number of nitrogens with zero attached hydrogens (tertiary/aromatic N) is 1. The van der Waals surface area contributed by atoms with Crippen molar-refractivity contribution in [3.63, 3.8) is 0 Å². The summed E-state index contributed by atoms with van der Waals surface area (Å²) in [6.07, 6.45) is 2.17. The van der Waals surface area contributed by atoms with Gasteiger partial charge in [0, 0.05) is 26.1 Å². The van der Waals surface area contributed by atoms with Gasteiger partial charge in [-0.15, -0.1) is 0 Å². The van der Waals surface area contributed by atoms with Crippen LogP contribution in [0.1, 0.15) is 19.3 Å². The third-order valence-corrected chi connectivity index (χ3v) is 3.45. The fourth-order valence-electron chi connectivity index (χ4n) is 1.97. The van der Waals surface area contributed by atoms with E-state index < -0.39 is 17.5 Å². The number of aliphatic carboxylic acids is 1. The zero-order valence-corrected chi connectivity index (χ0v) is 11.3. The van der Waals surface area contributed by atoms with Crippen LogP contribution in [0, 0.1) is 0 Å². The van der Waals surface area contributed by atoms with Gasteiger partial charge in [-0.3, -0.25) is 4.79 Å². The molecule has 1 aliphatic heterocycles. The molecule has 1 heterocycles. The number of hydrogen-bond donors (Lipinski definition) is 3. The molecule has 2 rings (SSSR count).